The van der Waals surface area contributed by atoms with Crippen molar-refractivity contribution in [2.45, 2.75) is 39.2 Å². The molecule has 0 spiro atoms. The molecule has 0 aliphatic heterocycles. The molecule has 0 fully saturated rings. The molecule has 1 atom stereocenters. The Morgan fingerprint density at radius 1 is 1.15 bits per heavy atom. The third-order valence-electron chi connectivity index (χ3n) is 3.56. The molecular weight excluding hydrogens is 330 g/mol. The SMILES string of the molecule is CNC(c1ccc(C(C)(C)C)cc1)c1cc(Br)c(C)s1. The van der Waals surface area contributed by atoms with Gasteiger partial charge in [0.05, 0.1) is 6.04 Å². The minimum Gasteiger partial charge on any atom is -0.309 e. The fourth-order valence-electron chi connectivity index (χ4n) is 2.27. The molecule has 0 aliphatic carbocycles. The Kier molecular flexibility index (Phi) is 4.73. The highest BCUT2D eigenvalue weighted by atomic mass is 79.9. The fraction of sp³-hybridized carbons (Fsp3) is 0.412. The number of halogens is 1. The number of hydrogen-bond donors (Lipinski definition) is 1. The minimum absolute atomic E-state index is 0.205. The number of benzene rings is 1. The maximum atomic E-state index is 3.61. The van der Waals surface area contributed by atoms with E-state index in [1.165, 1.54) is 25.4 Å². The molecule has 2 rings (SSSR count). The molecule has 1 nitrogen and oxygen atoms in total. The predicted octanol–water partition coefficient (Wildman–Crippen LogP) is 5.43. The summed E-state index contributed by atoms with van der Waals surface area (Å²) in [5.41, 5.74) is 2.89. The van der Waals surface area contributed by atoms with Crippen LogP contribution in [0.3, 0.4) is 0 Å². The largest absolute Gasteiger partial charge is 0.309 e. The van der Waals surface area contributed by atoms with Crippen LogP contribution in [-0.2, 0) is 5.41 Å². The van der Waals surface area contributed by atoms with Gasteiger partial charge in [-0.3, -0.25) is 0 Å². The predicted molar refractivity (Wildman–Crippen MR) is 92.8 cm³/mol. The van der Waals surface area contributed by atoms with Gasteiger partial charge in [-0.05, 0) is 52.5 Å². The van der Waals surface area contributed by atoms with Crippen LogP contribution in [0.1, 0.15) is 47.7 Å². The molecule has 2 aromatic rings. The zero-order valence-electron chi connectivity index (χ0n) is 12.8. The first-order chi connectivity index (χ1) is 9.32. The van der Waals surface area contributed by atoms with Crippen molar-refractivity contribution in [2.24, 2.45) is 0 Å². The van der Waals surface area contributed by atoms with E-state index in [9.17, 15) is 0 Å². The first kappa shape index (κ1) is 15.7. The Balaban J connectivity index is 2.33. The summed E-state index contributed by atoms with van der Waals surface area (Å²) in [5, 5.41) is 3.42. The number of aryl methyl sites for hydroxylation is 1. The van der Waals surface area contributed by atoms with E-state index in [0.717, 1.165) is 0 Å². The maximum absolute atomic E-state index is 3.61. The number of thiophene rings is 1. The summed E-state index contributed by atoms with van der Waals surface area (Å²) in [6.45, 7) is 8.89. The van der Waals surface area contributed by atoms with Crippen LogP contribution in [0.5, 0.6) is 0 Å². The van der Waals surface area contributed by atoms with E-state index in [4.69, 9.17) is 0 Å². The van der Waals surface area contributed by atoms with E-state index in [1.807, 2.05) is 18.4 Å². The lowest BCUT2D eigenvalue weighted by Gasteiger charge is -2.21. The van der Waals surface area contributed by atoms with Gasteiger partial charge in [-0.25, -0.2) is 0 Å². The maximum Gasteiger partial charge on any atom is 0.0669 e. The van der Waals surface area contributed by atoms with Crippen LogP contribution in [0.15, 0.2) is 34.8 Å². The topological polar surface area (TPSA) is 12.0 Å². The van der Waals surface area contributed by atoms with Gasteiger partial charge in [0.25, 0.3) is 0 Å². The Bertz CT molecular complexity index is 559. The van der Waals surface area contributed by atoms with Crippen LogP contribution < -0.4 is 5.32 Å². The summed E-state index contributed by atoms with van der Waals surface area (Å²) in [6, 6.07) is 11.5. The molecule has 0 amide bonds. The number of rotatable bonds is 3. The molecule has 0 bridgehead atoms. The molecule has 20 heavy (non-hydrogen) atoms. The quantitative estimate of drug-likeness (QED) is 0.777. The monoisotopic (exact) mass is 351 g/mol. The summed E-state index contributed by atoms with van der Waals surface area (Å²) in [7, 11) is 2.02. The average molecular weight is 352 g/mol. The number of nitrogens with one attached hydrogen (secondary N) is 1. The molecule has 1 aromatic heterocycles. The lowest BCUT2D eigenvalue weighted by atomic mass is 9.86. The average Bonchev–Trinajstić information content (AvgIpc) is 2.70. The lowest BCUT2D eigenvalue weighted by Crippen LogP contribution is -2.17. The first-order valence-corrected chi connectivity index (χ1v) is 8.47. The van der Waals surface area contributed by atoms with Crippen LogP contribution in [0.4, 0.5) is 0 Å². The molecule has 108 valence electrons. The van der Waals surface area contributed by atoms with Crippen LogP contribution in [0.25, 0.3) is 0 Å². The van der Waals surface area contributed by atoms with Crippen LogP contribution in [0, 0.1) is 6.92 Å². The van der Waals surface area contributed by atoms with Crippen LogP contribution >= 0.6 is 27.3 Å². The molecule has 3 heteroatoms. The smallest absolute Gasteiger partial charge is 0.0669 e. The Hall–Kier alpha value is -0.640. The Morgan fingerprint density at radius 3 is 2.15 bits per heavy atom. The van der Waals surface area contributed by atoms with Crippen molar-refractivity contribution in [2.75, 3.05) is 7.05 Å². The summed E-state index contributed by atoms with van der Waals surface area (Å²) < 4.78 is 1.20. The summed E-state index contributed by atoms with van der Waals surface area (Å²) >= 11 is 5.45. The Labute approximate surface area is 134 Å². The van der Waals surface area contributed by atoms with E-state index < -0.39 is 0 Å². The van der Waals surface area contributed by atoms with Crippen molar-refractivity contribution in [3.8, 4) is 0 Å². The summed E-state index contributed by atoms with van der Waals surface area (Å²) in [5.74, 6) is 0. The van der Waals surface area contributed by atoms with Crippen molar-refractivity contribution in [1.82, 2.24) is 5.32 Å². The molecule has 0 saturated carbocycles. The highest BCUT2D eigenvalue weighted by Gasteiger charge is 2.18. The Morgan fingerprint density at radius 2 is 1.75 bits per heavy atom. The third-order valence-corrected chi connectivity index (χ3v) is 5.76. The van der Waals surface area contributed by atoms with Crippen LogP contribution in [0.2, 0.25) is 0 Å². The van der Waals surface area contributed by atoms with Gasteiger partial charge in [-0.1, -0.05) is 45.0 Å². The normalized spacial score (nSPS) is 13.5. The molecule has 0 aliphatic rings. The molecule has 1 unspecified atom stereocenters. The van der Waals surface area contributed by atoms with E-state index in [2.05, 4.69) is 79.3 Å². The van der Waals surface area contributed by atoms with Crippen LogP contribution in [-0.4, -0.2) is 7.05 Å². The lowest BCUT2D eigenvalue weighted by molar-refractivity contribution is 0.589. The molecule has 1 heterocycles. The van der Waals surface area contributed by atoms with E-state index >= 15 is 0 Å². The molecule has 1 N–H and O–H groups in total. The molecule has 0 radical (unpaired) electrons. The second kappa shape index (κ2) is 6.00. The summed E-state index contributed by atoms with van der Waals surface area (Å²) in [4.78, 5) is 2.67. The van der Waals surface area contributed by atoms with E-state index in [-0.39, 0.29) is 11.5 Å². The van der Waals surface area contributed by atoms with Gasteiger partial charge >= 0.3 is 0 Å². The van der Waals surface area contributed by atoms with E-state index in [1.54, 1.807) is 0 Å². The molecule has 0 saturated heterocycles. The standard InChI is InChI=1S/C17H22BrNS/c1-11-14(18)10-15(20-11)16(19-5)12-6-8-13(9-7-12)17(2,3)4/h6-10,16,19H,1-5H3. The zero-order chi connectivity index (χ0) is 14.9. The number of hydrogen-bond acceptors (Lipinski definition) is 2. The third kappa shape index (κ3) is 3.33. The van der Waals surface area contributed by atoms with Crippen molar-refractivity contribution in [3.63, 3.8) is 0 Å². The minimum atomic E-state index is 0.205. The van der Waals surface area contributed by atoms with Crippen molar-refractivity contribution < 1.29 is 0 Å². The van der Waals surface area contributed by atoms with Gasteiger partial charge in [-0.15, -0.1) is 11.3 Å². The molecule has 1 aromatic carbocycles. The van der Waals surface area contributed by atoms with Gasteiger partial charge in [0, 0.05) is 14.2 Å². The zero-order valence-corrected chi connectivity index (χ0v) is 15.2. The molecular formula is C17H22BrNS. The van der Waals surface area contributed by atoms with Crippen molar-refractivity contribution in [1.29, 1.82) is 0 Å². The fourth-order valence-corrected chi connectivity index (χ4v) is 3.97. The van der Waals surface area contributed by atoms with Gasteiger partial charge < -0.3 is 5.32 Å². The highest BCUT2D eigenvalue weighted by Crippen LogP contribution is 2.34. The van der Waals surface area contributed by atoms with Gasteiger partial charge in [-0.2, -0.15) is 0 Å². The first-order valence-electron chi connectivity index (χ1n) is 6.86. The van der Waals surface area contributed by atoms with Gasteiger partial charge in [0.1, 0.15) is 0 Å². The second-order valence-corrected chi connectivity index (χ2v) is 8.29. The second-order valence-electron chi connectivity index (χ2n) is 6.15. The summed E-state index contributed by atoms with van der Waals surface area (Å²) in [6.07, 6.45) is 0. The van der Waals surface area contributed by atoms with E-state index in [0.29, 0.717) is 0 Å². The van der Waals surface area contributed by atoms with Crippen molar-refractivity contribution >= 4 is 27.3 Å². The van der Waals surface area contributed by atoms with Crippen molar-refractivity contribution in [3.05, 3.63) is 55.7 Å². The van der Waals surface area contributed by atoms with Gasteiger partial charge in [0.15, 0.2) is 0 Å². The van der Waals surface area contributed by atoms with Gasteiger partial charge in [0.2, 0.25) is 0 Å². The highest BCUT2D eigenvalue weighted by molar-refractivity contribution is 9.10.